The highest BCUT2D eigenvalue weighted by atomic mass is 19.2. The SMILES string of the molecule is C#CN(CCC)CCCOc1ccc2c(Nc3cnn(CC(=O)Nc4cccc(F)c4F)c3)ncnc2c1. The molecule has 0 spiro atoms. The van der Waals surface area contributed by atoms with E-state index in [1.54, 1.807) is 6.20 Å². The molecule has 0 saturated heterocycles. The third-order valence-corrected chi connectivity index (χ3v) is 5.55. The van der Waals surface area contributed by atoms with Crippen LogP contribution in [0.1, 0.15) is 19.8 Å². The molecule has 196 valence electrons. The normalized spacial score (nSPS) is 10.7. The van der Waals surface area contributed by atoms with E-state index in [1.165, 1.54) is 29.3 Å². The first kappa shape index (κ1) is 26.3. The minimum atomic E-state index is -1.12. The lowest BCUT2D eigenvalue weighted by Gasteiger charge is -2.16. The summed E-state index contributed by atoms with van der Waals surface area (Å²) >= 11 is 0. The first-order valence-electron chi connectivity index (χ1n) is 12.1. The smallest absolute Gasteiger partial charge is 0.246 e. The Morgan fingerprint density at radius 2 is 2.08 bits per heavy atom. The van der Waals surface area contributed by atoms with Crippen molar-refractivity contribution in [3.63, 3.8) is 0 Å². The number of fused-ring (bicyclic) bond motifs is 1. The summed E-state index contributed by atoms with van der Waals surface area (Å²) in [5.41, 5.74) is 1.04. The van der Waals surface area contributed by atoms with Gasteiger partial charge in [-0.2, -0.15) is 5.10 Å². The van der Waals surface area contributed by atoms with Gasteiger partial charge in [-0.05, 0) is 37.1 Å². The van der Waals surface area contributed by atoms with E-state index < -0.39 is 17.5 Å². The summed E-state index contributed by atoms with van der Waals surface area (Å²) in [7, 11) is 0. The standard InChI is InChI=1S/C27H27F2N7O2/c1-3-11-35(4-2)12-6-13-38-20-9-10-21-24(14-20)30-18-31-27(21)33-19-15-32-36(16-19)17-25(37)34-23-8-5-7-22(28)26(23)29/h2,5,7-10,14-16,18H,3,6,11-13,17H2,1H3,(H,34,37)(H,30,31,33). The van der Waals surface area contributed by atoms with Crippen molar-refractivity contribution < 1.29 is 18.3 Å². The van der Waals surface area contributed by atoms with E-state index >= 15 is 0 Å². The van der Waals surface area contributed by atoms with Crippen molar-refractivity contribution in [3.8, 4) is 18.2 Å². The fourth-order valence-electron chi connectivity index (χ4n) is 3.77. The van der Waals surface area contributed by atoms with E-state index in [0.29, 0.717) is 29.4 Å². The molecule has 2 N–H and O–H groups in total. The lowest BCUT2D eigenvalue weighted by Crippen LogP contribution is -2.21. The van der Waals surface area contributed by atoms with E-state index in [-0.39, 0.29) is 12.2 Å². The third-order valence-electron chi connectivity index (χ3n) is 5.55. The molecule has 4 rings (SSSR count). The molecule has 2 aromatic heterocycles. The molecule has 0 saturated carbocycles. The zero-order valence-electron chi connectivity index (χ0n) is 20.8. The molecule has 38 heavy (non-hydrogen) atoms. The predicted octanol–water partition coefficient (Wildman–Crippen LogP) is 4.56. The number of nitrogens with zero attached hydrogens (tertiary/aromatic N) is 5. The molecule has 11 heteroatoms. The summed E-state index contributed by atoms with van der Waals surface area (Å²) in [6.45, 7) is 4.06. The van der Waals surface area contributed by atoms with Gasteiger partial charge in [-0.15, -0.1) is 0 Å². The number of aromatic nitrogens is 4. The summed E-state index contributed by atoms with van der Waals surface area (Å²) < 4.78 is 34.4. The number of carbonyl (C=O) groups is 1. The Bertz CT molecular complexity index is 1450. The molecule has 0 atom stereocenters. The highest BCUT2D eigenvalue weighted by Gasteiger charge is 2.12. The van der Waals surface area contributed by atoms with Gasteiger partial charge in [-0.1, -0.05) is 19.4 Å². The number of rotatable bonds is 12. The molecular formula is C27H27F2N7O2. The molecule has 0 aliphatic carbocycles. The highest BCUT2D eigenvalue weighted by molar-refractivity contribution is 5.92. The Morgan fingerprint density at radius 3 is 2.89 bits per heavy atom. The average molecular weight is 520 g/mol. The fourth-order valence-corrected chi connectivity index (χ4v) is 3.77. The maximum Gasteiger partial charge on any atom is 0.246 e. The van der Waals surface area contributed by atoms with Crippen LogP contribution in [-0.2, 0) is 11.3 Å². The largest absolute Gasteiger partial charge is 0.493 e. The number of hydrogen-bond acceptors (Lipinski definition) is 7. The maximum absolute atomic E-state index is 13.8. The number of benzene rings is 2. The van der Waals surface area contributed by atoms with Crippen molar-refractivity contribution in [3.05, 3.63) is 66.8 Å². The van der Waals surface area contributed by atoms with E-state index in [0.717, 1.165) is 37.4 Å². The Hall–Kier alpha value is -4.72. The zero-order valence-corrected chi connectivity index (χ0v) is 20.8. The van der Waals surface area contributed by atoms with Gasteiger partial charge in [0.2, 0.25) is 5.91 Å². The minimum absolute atomic E-state index is 0.194. The van der Waals surface area contributed by atoms with Crippen LogP contribution in [0.2, 0.25) is 0 Å². The number of hydrogen-bond donors (Lipinski definition) is 2. The van der Waals surface area contributed by atoms with Gasteiger partial charge in [0.05, 0.1) is 29.7 Å². The number of amides is 1. The van der Waals surface area contributed by atoms with Crippen LogP contribution in [0.25, 0.3) is 10.9 Å². The molecule has 0 bridgehead atoms. The van der Waals surface area contributed by atoms with E-state index in [9.17, 15) is 13.6 Å². The first-order valence-corrected chi connectivity index (χ1v) is 12.1. The Kier molecular flexibility index (Phi) is 8.66. The van der Waals surface area contributed by atoms with Gasteiger partial charge in [0, 0.05) is 36.8 Å². The predicted molar refractivity (Wildman–Crippen MR) is 141 cm³/mol. The van der Waals surface area contributed by atoms with Crippen molar-refractivity contribution >= 4 is 34.0 Å². The quantitative estimate of drug-likeness (QED) is 0.161. The molecule has 0 aliphatic rings. The Labute approximate surface area is 218 Å². The molecule has 0 unspecified atom stereocenters. The van der Waals surface area contributed by atoms with Crippen LogP contribution in [0.5, 0.6) is 5.75 Å². The molecule has 1 amide bonds. The molecule has 2 aromatic carbocycles. The Balaban J connectivity index is 1.35. The van der Waals surface area contributed by atoms with Gasteiger partial charge in [0.15, 0.2) is 11.6 Å². The van der Waals surface area contributed by atoms with Crippen LogP contribution >= 0.6 is 0 Å². The molecule has 9 nitrogen and oxygen atoms in total. The third kappa shape index (κ3) is 6.73. The lowest BCUT2D eigenvalue weighted by atomic mass is 10.2. The number of nitrogens with one attached hydrogen (secondary N) is 2. The second-order valence-electron chi connectivity index (χ2n) is 8.42. The monoisotopic (exact) mass is 519 g/mol. The van der Waals surface area contributed by atoms with Crippen molar-refractivity contribution in [2.75, 3.05) is 30.3 Å². The van der Waals surface area contributed by atoms with Gasteiger partial charge in [0.1, 0.15) is 24.4 Å². The second kappa shape index (κ2) is 12.5. The van der Waals surface area contributed by atoms with Gasteiger partial charge in [0.25, 0.3) is 0 Å². The number of ether oxygens (including phenoxy) is 1. The summed E-state index contributed by atoms with van der Waals surface area (Å²) in [4.78, 5) is 22.9. The van der Waals surface area contributed by atoms with Crippen LogP contribution in [0.4, 0.5) is 26.0 Å². The van der Waals surface area contributed by atoms with Gasteiger partial charge < -0.3 is 20.3 Å². The molecule has 0 fully saturated rings. The molecular weight excluding hydrogens is 492 g/mol. The summed E-state index contributed by atoms with van der Waals surface area (Å²) in [6, 6.07) is 11.8. The summed E-state index contributed by atoms with van der Waals surface area (Å²) in [6.07, 6.45) is 11.9. The van der Waals surface area contributed by atoms with E-state index in [2.05, 4.69) is 38.7 Å². The van der Waals surface area contributed by atoms with Crippen LogP contribution in [-0.4, -0.2) is 50.3 Å². The average Bonchev–Trinajstić information content (AvgIpc) is 3.35. The second-order valence-corrected chi connectivity index (χ2v) is 8.42. The van der Waals surface area contributed by atoms with Gasteiger partial charge in [-0.3, -0.25) is 9.48 Å². The van der Waals surface area contributed by atoms with Crippen LogP contribution in [0.3, 0.4) is 0 Å². The van der Waals surface area contributed by atoms with E-state index in [1.807, 2.05) is 23.1 Å². The maximum atomic E-state index is 13.8. The van der Waals surface area contributed by atoms with Crippen molar-refractivity contribution in [1.82, 2.24) is 24.6 Å². The lowest BCUT2D eigenvalue weighted by molar-refractivity contribution is -0.116. The number of halogens is 2. The van der Waals surface area contributed by atoms with Crippen molar-refractivity contribution in [1.29, 1.82) is 0 Å². The van der Waals surface area contributed by atoms with Crippen LogP contribution in [0, 0.1) is 24.1 Å². The number of terminal acetylenes is 1. The number of carbonyl (C=O) groups excluding carboxylic acids is 1. The first-order chi connectivity index (χ1) is 18.5. The molecule has 0 aliphatic heterocycles. The number of anilines is 3. The fraction of sp³-hybridized carbons (Fsp3) is 0.259. The van der Waals surface area contributed by atoms with E-state index in [4.69, 9.17) is 11.2 Å². The summed E-state index contributed by atoms with van der Waals surface area (Å²) in [5, 5.41) is 10.4. The van der Waals surface area contributed by atoms with Crippen LogP contribution < -0.4 is 15.4 Å². The van der Waals surface area contributed by atoms with Crippen LogP contribution in [0.15, 0.2) is 55.1 Å². The van der Waals surface area contributed by atoms with Gasteiger partial charge in [-0.25, -0.2) is 18.7 Å². The highest BCUT2D eigenvalue weighted by Crippen LogP contribution is 2.26. The zero-order chi connectivity index (χ0) is 26.9. The van der Waals surface area contributed by atoms with Gasteiger partial charge >= 0.3 is 0 Å². The van der Waals surface area contributed by atoms with Crippen molar-refractivity contribution in [2.45, 2.75) is 26.3 Å². The molecule has 0 radical (unpaired) electrons. The molecule has 2 heterocycles. The topological polar surface area (TPSA) is 97.2 Å². The minimum Gasteiger partial charge on any atom is -0.493 e. The summed E-state index contributed by atoms with van der Waals surface area (Å²) in [5.74, 6) is -1.46. The van der Waals surface area contributed by atoms with Crippen molar-refractivity contribution in [2.24, 2.45) is 0 Å². The Morgan fingerprint density at radius 1 is 1.21 bits per heavy atom. The molecule has 4 aromatic rings.